The van der Waals surface area contributed by atoms with Crippen LogP contribution in [0.3, 0.4) is 0 Å². The third kappa shape index (κ3) is 5.90. The van der Waals surface area contributed by atoms with Crippen LogP contribution in [0, 0.1) is 11.8 Å². The summed E-state index contributed by atoms with van der Waals surface area (Å²) in [4.78, 5) is 11.5. The molecule has 5 heteroatoms. The molecule has 2 aliphatic rings. The Morgan fingerprint density at radius 1 is 1.30 bits per heavy atom. The summed E-state index contributed by atoms with van der Waals surface area (Å²) >= 11 is 0. The molecule has 0 amide bonds. The lowest BCUT2D eigenvalue weighted by Crippen LogP contribution is -2.30. The number of aliphatic hydroxyl groups is 2. The molecule has 1 aliphatic heterocycles. The first-order chi connectivity index (χ1) is 12.4. The summed E-state index contributed by atoms with van der Waals surface area (Å²) in [6, 6.07) is 0. The monoisotopic (exact) mass is 380 g/mol. The van der Waals surface area contributed by atoms with Gasteiger partial charge in [0.2, 0.25) is 0 Å². The molecule has 0 aromatic rings. The van der Waals surface area contributed by atoms with Gasteiger partial charge in [0.25, 0.3) is 0 Å². The highest BCUT2D eigenvalue weighted by Crippen LogP contribution is 2.52. The summed E-state index contributed by atoms with van der Waals surface area (Å²) in [5.41, 5.74) is -0.588. The molecule has 2 N–H and O–H groups in total. The first kappa shape index (κ1) is 22.1. The molecule has 0 aromatic heterocycles. The van der Waals surface area contributed by atoms with Gasteiger partial charge in [-0.05, 0) is 57.9 Å². The van der Waals surface area contributed by atoms with E-state index in [1.165, 1.54) is 6.92 Å². The molecule has 1 fully saturated rings. The van der Waals surface area contributed by atoms with Crippen molar-refractivity contribution in [1.82, 2.24) is 0 Å². The van der Waals surface area contributed by atoms with Crippen LogP contribution in [0.15, 0.2) is 23.8 Å². The van der Waals surface area contributed by atoms with E-state index in [9.17, 15) is 15.0 Å². The summed E-state index contributed by atoms with van der Waals surface area (Å²) in [7, 11) is 0. The van der Waals surface area contributed by atoms with Gasteiger partial charge in [0.15, 0.2) is 5.79 Å². The lowest BCUT2D eigenvalue weighted by atomic mass is 9.83. The van der Waals surface area contributed by atoms with Crippen LogP contribution in [0.4, 0.5) is 0 Å². The van der Waals surface area contributed by atoms with Crippen molar-refractivity contribution in [2.45, 2.75) is 96.7 Å². The van der Waals surface area contributed by atoms with Crippen molar-refractivity contribution in [3.05, 3.63) is 23.8 Å². The zero-order valence-corrected chi connectivity index (χ0v) is 17.6. The molecule has 5 atom stereocenters. The Morgan fingerprint density at radius 3 is 2.56 bits per heavy atom. The van der Waals surface area contributed by atoms with Crippen LogP contribution in [0.5, 0.6) is 0 Å². The summed E-state index contributed by atoms with van der Waals surface area (Å²) in [6.45, 7) is 11.4. The molecular weight excluding hydrogens is 344 g/mol. The minimum atomic E-state index is -1.08. The molecule has 1 unspecified atom stereocenters. The molecule has 0 radical (unpaired) electrons. The standard InChI is InChI=1S/C22H36O5/c1-15(2)18-8-10-20(5,24)14-19(26-17(4)23)13-16(3)7-12-22(25)21(6,27-22)11-9-18/h8,10,13,15,18-19,24-25H,7,9,11-12,14H2,1-6H3/b10-8+,16-13-/t18-,19+,20+,21?,22-/m0/s1. The highest BCUT2D eigenvalue weighted by atomic mass is 16.7. The number of rotatable bonds is 2. The molecule has 2 rings (SSSR count). The maximum Gasteiger partial charge on any atom is 0.303 e. The molecule has 1 saturated heterocycles. The Kier molecular flexibility index (Phi) is 6.60. The third-order valence-electron chi connectivity index (χ3n) is 5.95. The summed E-state index contributed by atoms with van der Waals surface area (Å²) < 4.78 is 11.2. The van der Waals surface area contributed by atoms with E-state index in [0.717, 1.165) is 18.4 Å². The second kappa shape index (κ2) is 8.06. The molecule has 0 aromatic carbocycles. The van der Waals surface area contributed by atoms with Gasteiger partial charge in [-0.2, -0.15) is 0 Å². The Balaban J connectivity index is 2.29. The predicted octanol–water partition coefficient (Wildman–Crippen LogP) is 3.89. The van der Waals surface area contributed by atoms with Crippen molar-refractivity contribution < 1.29 is 24.5 Å². The number of epoxide rings is 1. The number of esters is 1. The second-order valence-electron chi connectivity index (χ2n) is 9.15. The van der Waals surface area contributed by atoms with Crippen LogP contribution in [0.25, 0.3) is 0 Å². The van der Waals surface area contributed by atoms with Gasteiger partial charge < -0.3 is 19.7 Å². The van der Waals surface area contributed by atoms with Gasteiger partial charge in [-0.1, -0.05) is 31.6 Å². The largest absolute Gasteiger partial charge is 0.458 e. The first-order valence-corrected chi connectivity index (χ1v) is 10.0. The van der Waals surface area contributed by atoms with E-state index in [-0.39, 0.29) is 11.9 Å². The lowest BCUT2D eigenvalue weighted by molar-refractivity contribution is -0.145. The van der Waals surface area contributed by atoms with Crippen LogP contribution in [0.1, 0.15) is 73.6 Å². The zero-order valence-electron chi connectivity index (χ0n) is 17.6. The van der Waals surface area contributed by atoms with Gasteiger partial charge in [0, 0.05) is 19.8 Å². The van der Waals surface area contributed by atoms with Crippen LogP contribution in [-0.4, -0.2) is 39.3 Å². The number of carbonyl (C=O) groups excluding carboxylic acids is 1. The Morgan fingerprint density at radius 2 is 1.96 bits per heavy atom. The molecular formula is C22H36O5. The molecule has 27 heavy (non-hydrogen) atoms. The summed E-state index contributed by atoms with van der Waals surface area (Å²) in [5, 5.41) is 21.6. The molecule has 5 nitrogen and oxygen atoms in total. The Hall–Kier alpha value is -1.17. The molecule has 0 spiro atoms. The highest BCUT2D eigenvalue weighted by Gasteiger charge is 2.65. The van der Waals surface area contributed by atoms with E-state index in [4.69, 9.17) is 9.47 Å². The zero-order chi connectivity index (χ0) is 20.5. The van der Waals surface area contributed by atoms with Gasteiger partial charge in [0.1, 0.15) is 11.7 Å². The van der Waals surface area contributed by atoms with Crippen molar-refractivity contribution in [2.24, 2.45) is 11.8 Å². The maximum atomic E-state index is 11.5. The maximum absolute atomic E-state index is 11.5. The van der Waals surface area contributed by atoms with Crippen molar-refractivity contribution in [3.8, 4) is 0 Å². The molecule has 154 valence electrons. The Labute approximate surface area is 163 Å². The average molecular weight is 381 g/mol. The molecule has 0 bridgehead atoms. The van der Waals surface area contributed by atoms with E-state index >= 15 is 0 Å². The smallest absolute Gasteiger partial charge is 0.303 e. The van der Waals surface area contributed by atoms with E-state index in [0.29, 0.717) is 25.2 Å². The predicted molar refractivity (Wildman–Crippen MR) is 105 cm³/mol. The first-order valence-electron chi connectivity index (χ1n) is 10.0. The van der Waals surface area contributed by atoms with Gasteiger partial charge in [-0.25, -0.2) is 0 Å². The SMILES string of the molecule is CC(=O)O[C@@H]1/C=C(/C)CC[C@]2(O)OC2(C)CC[C@@H](C(C)C)/C=C/[C@@](C)(O)C1. The lowest BCUT2D eigenvalue weighted by Gasteiger charge is -2.26. The van der Waals surface area contributed by atoms with Crippen molar-refractivity contribution >= 4 is 5.97 Å². The van der Waals surface area contributed by atoms with Crippen molar-refractivity contribution in [3.63, 3.8) is 0 Å². The molecule has 1 heterocycles. The fourth-order valence-electron chi connectivity index (χ4n) is 3.92. The fourth-order valence-corrected chi connectivity index (χ4v) is 3.92. The van der Waals surface area contributed by atoms with E-state index < -0.39 is 23.1 Å². The van der Waals surface area contributed by atoms with E-state index in [1.807, 2.05) is 26.0 Å². The highest BCUT2D eigenvalue weighted by molar-refractivity contribution is 5.66. The van der Waals surface area contributed by atoms with Crippen molar-refractivity contribution in [1.29, 1.82) is 0 Å². The summed E-state index contributed by atoms with van der Waals surface area (Å²) in [6.07, 6.45) is 8.36. The topological polar surface area (TPSA) is 79.3 Å². The van der Waals surface area contributed by atoms with Crippen LogP contribution >= 0.6 is 0 Å². The van der Waals surface area contributed by atoms with Crippen LogP contribution < -0.4 is 0 Å². The molecule has 1 aliphatic carbocycles. The Bertz CT molecular complexity index is 606. The quantitative estimate of drug-likeness (QED) is 0.432. The van der Waals surface area contributed by atoms with Crippen LogP contribution in [0.2, 0.25) is 0 Å². The third-order valence-corrected chi connectivity index (χ3v) is 5.95. The minimum absolute atomic E-state index is 0.272. The average Bonchev–Trinajstić information content (AvgIpc) is 3.05. The van der Waals surface area contributed by atoms with Gasteiger partial charge >= 0.3 is 5.97 Å². The number of fused-ring (bicyclic) bond motifs is 1. The van der Waals surface area contributed by atoms with Gasteiger partial charge in [-0.15, -0.1) is 0 Å². The minimum Gasteiger partial charge on any atom is -0.458 e. The number of hydrogen-bond donors (Lipinski definition) is 2. The van der Waals surface area contributed by atoms with E-state index in [1.54, 1.807) is 6.92 Å². The number of hydrogen-bond acceptors (Lipinski definition) is 5. The second-order valence-corrected chi connectivity index (χ2v) is 9.15. The number of carbonyl (C=O) groups is 1. The fraction of sp³-hybridized carbons (Fsp3) is 0.773. The van der Waals surface area contributed by atoms with Crippen molar-refractivity contribution in [2.75, 3.05) is 0 Å². The number of allylic oxidation sites excluding steroid dienone is 2. The van der Waals surface area contributed by atoms with Gasteiger partial charge in [-0.3, -0.25) is 4.79 Å². The number of ether oxygens (including phenoxy) is 2. The van der Waals surface area contributed by atoms with Crippen LogP contribution in [-0.2, 0) is 14.3 Å². The summed E-state index contributed by atoms with van der Waals surface area (Å²) in [5.74, 6) is -0.775. The normalized spacial score (nSPS) is 43.8. The molecule has 0 saturated carbocycles. The van der Waals surface area contributed by atoms with E-state index in [2.05, 4.69) is 19.9 Å². The van der Waals surface area contributed by atoms with Gasteiger partial charge in [0.05, 0.1) is 5.60 Å².